The molecule has 4 nitrogen and oxygen atoms in total. The van der Waals surface area contributed by atoms with Crippen LogP contribution < -0.4 is 5.32 Å². The quantitative estimate of drug-likeness (QED) is 0.755. The zero-order chi connectivity index (χ0) is 15.5. The number of nitrogens with zero attached hydrogens (tertiary/aromatic N) is 1. The highest BCUT2D eigenvalue weighted by Gasteiger charge is 2.35. The molecule has 0 aromatic rings. The second-order valence-corrected chi connectivity index (χ2v) is 6.92. The second kappa shape index (κ2) is 6.65. The summed E-state index contributed by atoms with van der Waals surface area (Å²) in [4.78, 5) is 14.4. The van der Waals surface area contributed by atoms with Crippen LogP contribution in [-0.2, 0) is 4.74 Å². The van der Waals surface area contributed by atoms with Gasteiger partial charge in [-0.05, 0) is 40.5 Å². The van der Waals surface area contributed by atoms with Gasteiger partial charge in [-0.2, -0.15) is 0 Å². The van der Waals surface area contributed by atoms with Gasteiger partial charge in [0.1, 0.15) is 5.60 Å². The summed E-state index contributed by atoms with van der Waals surface area (Å²) >= 11 is 0. The Labute approximate surface area is 128 Å². The minimum Gasteiger partial charge on any atom is -0.444 e. The van der Waals surface area contributed by atoms with E-state index in [-0.39, 0.29) is 18.1 Å². The van der Waals surface area contributed by atoms with E-state index in [0.29, 0.717) is 6.54 Å². The lowest BCUT2D eigenvalue weighted by molar-refractivity contribution is 0.00884. The molecule has 0 aromatic heterocycles. The summed E-state index contributed by atoms with van der Waals surface area (Å²) in [6.45, 7) is 10.3. The molecule has 1 N–H and O–H groups in total. The predicted octanol–water partition coefficient (Wildman–Crippen LogP) is 3.11. The number of ether oxygens (including phenoxy) is 1. The Morgan fingerprint density at radius 1 is 1.38 bits per heavy atom. The van der Waals surface area contributed by atoms with Crippen LogP contribution in [0.3, 0.4) is 0 Å². The molecule has 118 valence electrons. The summed E-state index contributed by atoms with van der Waals surface area (Å²) in [6, 6.07) is 0.138. The molecule has 1 aliphatic heterocycles. The Morgan fingerprint density at radius 2 is 2.14 bits per heavy atom. The minimum absolute atomic E-state index is 0.138. The molecular formula is C17H28N2O2. The number of carbonyl (C=O) groups is 1. The summed E-state index contributed by atoms with van der Waals surface area (Å²) in [7, 11) is 0. The molecule has 0 saturated carbocycles. The zero-order valence-electron chi connectivity index (χ0n) is 13.7. The van der Waals surface area contributed by atoms with Crippen molar-refractivity contribution in [2.45, 2.75) is 52.2 Å². The summed E-state index contributed by atoms with van der Waals surface area (Å²) < 4.78 is 5.58. The number of piperazine rings is 1. The lowest BCUT2D eigenvalue weighted by Crippen LogP contribution is -2.57. The van der Waals surface area contributed by atoms with Crippen LogP contribution in [0.15, 0.2) is 23.8 Å². The maximum atomic E-state index is 12.5. The van der Waals surface area contributed by atoms with Crippen molar-refractivity contribution in [1.29, 1.82) is 0 Å². The monoisotopic (exact) mass is 292 g/mol. The number of rotatable bonds is 1. The number of nitrogens with one attached hydrogen (secondary N) is 1. The van der Waals surface area contributed by atoms with Gasteiger partial charge in [-0.3, -0.25) is 0 Å². The third-order valence-electron chi connectivity index (χ3n) is 3.99. The van der Waals surface area contributed by atoms with Crippen molar-refractivity contribution in [2.75, 3.05) is 19.6 Å². The lowest BCUT2D eigenvalue weighted by Gasteiger charge is -2.40. The van der Waals surface area contributed by atoms with E-state index in [1.165, 1.54) is 5.57 Å². The van der Waals surface area contributed by atoms with Gasteiger partial charge >= 0.3 is 6.09 Å². The van der Waals surface area contributed by atoms with E-state index in [0.717, 1.165) is 25.9 Å². The molecule has 0 spiro atoms. The molecule has 2 aliphatic rings. The number of carbonyl (C=O) groups excluding carboxylic acids is 1. The van der Waals surface area contributed by atoms with Gasteiger partial charge in [0, 0.05) is 25.6 Å². The van der Waals surface area contributed by atoms with E-state index in [1.807, 2.05) is 25.7 Å². The highest BCUT2D eigenvalue weighted by molar-refractivity contribution is 5.69. The highest BCUT2D eigenvalue weighted by atomic mass is 16.6. The lowest BCUT2D eigenvalue weighted by atomic mass is 9.90. The average molecular weight is 292 g/mol. The van der Waals surface area contributed by atoms with Crippen LogP contribution in [0.1, 0.15) is 40.5 Å². The van der Waals surface area contributed by atoms with Crippen molar-refractivity contribution in [3.05, 3.63) is 23.8 Å². The fourth-order valence-electron chi connectivity index (χ4n) is 2.96. The van der Waals surface area contributed by atoms with Crippen molar-refractivity contribution < 1.29 is 9.53 Å². The van der Waals surface area contributed by atoms with E-state index in [9.17, 15) is 4.79 Å². The Bertz CT molecular complexity index is 435. The van der Waals surface area contributed by atoms with Crippen LogP contribution in [0, 0.1) is 5.92 Å². The van der Waals surface area contributed by atoms with E-state index in [4.69, 9.17) is 4.74 Å². The highest BCUT2D eigenvalue weighted by Crippen LogP contribution is 2.27. The van der Waals surface area contributed by atoms with E-state index in [1.54, 1.807) is 0 Å². The summed E-state index contributed by atoms with van der Waals surface area (Å²) in [6.07, 6.45) is 8.77. The molecule has 2 atom stereocenters. The fraction of sp³-hybridized carbons (Fsp3) is 0.706. The van der Waals surface area contributed by atoms with Crippen molar-refractivity contribution in [2.24, 2.45) is 5.92 Å². The first-order chi connectivity index (χ1) is 9.88. The molecule has 0 aromatic carbocycles. The van der Waals surface area contributed by atoms with Gasteiger partial charge in [0.05, 0.1) is 6.04 Å². The standard InChI is InChI=1S/C17H28N2O2/c1-13-8-6-5-7-9-14(13)15-12-18-10-11-19(15)16(20)21-17(2,3)4/h7-9,14-15,18H,5-6,10-12H2,1-4H3. The Kier molecular flexibility index (Phi) is 5.09. The molecule has 1 amide bonds. The van der Waals surface area contributed by atoms with Crippen LogP contribution >= 0.6 is 0 Å². The van der Waals surface area contributed by atoms with E-state index < -0.39 is 5.60 Å². The second-order valence-electron chi connectivity index (χ2n) is 6.92. The van der Waals surface area contributed by atoms with Gasteiger partial charge in [-0.15, -0.1) is 0 Å². The van der Waals surface area contributed by atoms with Crippen molar-refractivity contribution in [3.8, 4) is 0 Å². The molecular weight excluding hydrogens is 264 g/mol. The van der Waals surface area contributed by atoms with Crippen LogP contribution in [0.2, 0.25) is 0 Å². The Hall–Kier alpha value is -1.29. The molecule has 1 aliphatic carbocycles. The third-order valence-corrected chi connectivity index (χ3v) is 3.99. The van der Waals surface area contributed by atoms with Gasteiger partial charge in [-0.1, -0.05) is 23.8 Å². The third kappa shape index (κ3) is 4.34. The minimum atomic E-state index is -0.448. The Morgan fingerprint density at radius 3 is 2.86 bits per heavy atom. The van der Waals surface area contributed by atoms with Crippen LogP contribution in [-0.4, -0.2) is 42.3 Å². The largest absolute Gasteiger partial charge is 0.444 e. The first-order valence-corrected chi connectivity index (χ1v) is 7.92. The maximum Gasteiger partial charge on any atom is 0.410 e. The van der Waals surface area contributed by atoms with Gasteiger partial charge in [0.25, 0.3) is 0 Å². The molecule has 2 unspecified atom stereocenters. The molecule has 1 heterocycles. The maximum absolute atomic E-state index is 12.5. The molecule has 4 heteroatoms. The molecule has 1 fully saturated rings. The summed E-state index contributed by atoms with van der Waals surface area (Å²) in [5, 5.41) is 3.41. The first-order valence-electron chi connectivity index (χ1n) is 7.92. The first kappa shape index (κ1) is 16.1. The smallest absolute Gasteiger partial charge is 0.410 e. The molecule has 0 bridgehead atoms. The molecule has 1 saturated heterocycles. The topological polar surface area (TPSA) is 41.6 Å². The zero-order valence-corrected chi connectivity index (χ0v) is 13.7. The fourth-order valence-corrected chi connectivity index (χ4v) is 2.96. The van der Waals surface area contributed by atoms with Gasteiger partial charge < -0.3 is 15.0 Å². The average Bonchev–Trinajstić information content (AvgIpc) is 2.61. The normalized spacial score (nSPS) is 27.0. The summed E-state index contributed by atoms with van der Waals surface area (Å²) in [5.41, 5.74) is 0.905. The van der Waals surface area contributed by atoms with Crippen molar-refractivity contribution in [3.63, 3.8) is 0 Å². The molecule has 0 radical (unpaired) electrons. The van der Waals surface area contributed by atoms with Crippen LogP contribution in [0.5, 0.6) is 0 Å². The van der Waals surface area contributed by atoms with Crippen LogP contribution in [0.25, 0.3) is 0 Å². The number of amides is 1. The van der Waals surface area contributed by atoms with Crippen LogP contribution in [0.4, 0.5) is 4.79 Å². The van der Waals surface area contributed by atoms with E-state index >= 15 is 0 Å². The Balaban J connectivity index is 2.16. The van der Waals surface area contributed by atoms with Gasteiger partial charge in [0.15, 0.2) is 0 Å². The van der Waals surface area contributed by atoms with Gasteiger partial charge in [-0.25, -0.2) is 4.79 Å². The molecule has 21 heavy (non-hydrogen) atoms. The number of hydrogen-bond acceptors (Lipinski definition) is 3. The predicted molar refractivity (Wildman–Crippen MR) is 85.2 cm³/mol. The van der Waals surface area contributed by atoms with Crippen molar-refractivity contribution in [1.82, 2.24) is 10.2 Å². The number of hydrogen-bond donors (Lipinski definition) is 1. The SMILES string of the molecule is CC1=CCCC=CC1C1CNCCN1C(=O)OC(C)(C)C. The van der Waals surface area contributed by atoms with Gasteiger partial charge in [0.2, 0.25) is 0 Å². The summed E-state index contributed by atoms with van der Waals surface area (Å²) in [5.74, 6) is 0.285. The van der Waals surface area contributed by atoms with E-state index in [2.05, 4.69) is 30.5 Å². The van der Waals surface area contributed by atoms with Crippen molar-refractivity contribution >= 4 is 6.09 Å². The number of allylic oxidation sites excluding steroid dienone is 2. The molecule has 2 rings (SSSR count).